The van der Waals surface area contributed by atoms with Gasteiger partial charge in [-0.1, -0.05) is 24.3 Å². The molecule has 0 radical (unpaired) electrons. The van der Waals surface area contributed by atoms with Crippen molar-refractivity contribution in [2.24, 2.45) is 0 Å². The maximum absolute atomic E-state index is 11.9. The fraction of sp³-hybridized carbons (Fsp3) is 0.333. The Labute approximate surface area is 95.9 Å². The zero-order valence-corrected chi connectivity index (χ0v) is 10.2. The van der Waals surface area contributed by atoms with Crippen LogP contribution >= 0.6 is 0 Å². The van der Waals surface area contributed by atoms with Crippen molar-refractivity contribution in [3.8, 4) is 0 Å². The molecule has 0 fully saturated rings. The summed E-state index contributed by atoms with van der Waals surface area (Å²) >= 11 is 0. The third-order valence-corrected chi connectivity index (χ3v) is 4.30. The second kappa shape index (κ2) is 3.43. The van der Waals surface area contributed by atoms with E-state index < -0.39 is 15.7 Å². The highest BCUT2D eigenvalue weighted by molar-refractivity contribution is 7.87. The highest BCUT2D eigenvalue weighted by Crippen LogP contribution is 2.42. The van der Waals surface area contributed by atoms with E-state index in [4.69, 9.17) is 4.18 Å². The third kappa shape index (κ3) is 1.58. The topological polar surface area (TPSA) is 43.4 Å². The van der Waals surface area contributed by atoms with Crippen LogP contribution in [-0.4, -0.2) is 8.42 Å². The van der Waals surface area contributed by atoms with Crippen LogP contribution in [0.15, 0.2) is 35.7 Å². The van der Waals surface area contributed by atoms with Gasteiger partial charge in [-0.15, -0.1) is 6.58 Å². The molecule has 0 aliphatic carbocycles. The van der Waals surface area contributed by atoms with E-state index in [-0.39, 0.29) is 0 Å². The Morgan fingerprint density at radius 2 is 2.12 bits per heavy atom. The first-order valence-corrected chi connectivity index (χ1v) is 6.48. The van der Waals surface area contributed by atoms with Crippen molar-refractivity contribution in [3.63, 3.8) is 0 Å². The standard InChI is InChI=1S/C12H14O3S/c1-4-6-9-7-5-8-10-11(9)16(13,14)15-12(10,2)3/h4-5,7-8H,1,6H2,2-3H3. The van der Waals surface area contributed by atoms with Gasteiger partial charge in [0, 0.05) is 5.56 Å². The molecule has 0 saturated carbocycles. The van der Waals surface area contributed by atoms with Crippen molar-refractivity contribution in [2.45, 2.75) is 30.8 Å². The second-order valence-corrected chi connectivity index (χ2v) is 5.82. The quantitative estimate of drug-likeness (QED) is 0.587. The molecule has 1 aromatic carbocycles. The van der Waals surface area contributed by atoms with Crippen molar-refractivity contribution in [3.05, 3.63) is 42.0 Å². The minimum absolute atomic E-state index is 0.319. The molecule has 0 amide bonds. The van der Waals surface area contributed by atoms with Gasteiger partial charge < -0.3 is 0 Å². The molecule has 0 unspecified atom stereocenters. The summed E-state index contributed by atoms with van der Waals surface area (Å²) in [6.45, 7) is 7.15. The zero-order chi connectivity index (χ0) is 12.0. The van der Waals surface area contributed by atoms with Crippen LogP contribution in [0.2, 0.25) is 0 Å². The Morgan fingerprint density at radius 1 is 1.44 bits per heavy atom. The first-order valence-electron chi connectivity index (χ1n) is 5.07. The van der Waals surface area contributed by atoms with Crippen molar-refractivity contribution in [1.82, 2.24) is 0 Å². The van der Waals surface area contributed by atoms with Crippen LogP contribution in [-0.2, 0) is 26.3 Å². The summed E-state index contributed by atoms with van der Waals surface area (Å²) in [5, 5.41) is 0. The highest BCUT2D eigenvalue weighted by atomic mass is 32.2. The maximum atomic E-state index is 11.9. The smallest absolute Gasteiger partial charge is 0.255 e. The summed E-state index contributed by atoms with van der Waals surface area (Å²) in [4.78, 5) is 0.319. The normalized spacial score (nSPS) is 20.4. The number of fused-ring (bicyclic) bond motifs is 1. The SMILES string of the molecule is C=CCc1cccc2c1S(=O)(=O)OC2(C)C. The van der Waals surface area contributed by atoms with Crippen LogP contribution in [0.3, 0.4) is 0 Å². The van der Waals surface area contributed by atoms with Crippen LogP contribution in [0.1, 0.15) is 25.0 Å². The molecular formula is C12H14O3S. The lowest BCUT2D eigenvalue weighted by atomic mass is 9.96. The molecule has 86 valence electrons. The van der Waals surface area contributed by atoms with Crippen molar-refractivity contribution in [2.75, 3.05) is 0 Å². The summed E-state index contributed by atoms with van der Waals surface area (Å²) in [6, 6.07) is 5.44. The van der Waals surface area contributed by atoms with Gasteiger partial charge in [-0.3, -0.25) is 4.18 Å². The van der Waals surface area contributed by atoms with Gasteiger partial charge in [-0.05, 0) is 25.8 Å². The molecule has 3 nitrogen and oxygen atoms in total. The summed E-state index contributed by atoms with van der Waals surface area (Å²) in [5.74, 6) is 0. The molecule has 1 aromatic rings. The largest absolute Gasteiger partial charge is 0.298 e. The van der Waals surface area contributed by atoms with Crippen LogP contribution < -0.4 is 0 Å². The average molecular weight is 238 g/mol. The molecule has 0 spiro atoms. The second-order valence-electron chi connectivity index (χ2n) is 4.33. The van der Waals surface area contributed by atoms with E-state index in [9.17, 15) is 8.42 Å². The van der Waals surface area contributed by atoms with Crippen molar-refractivity contribution >= 4 is 10.1 Å². The molecule has 1 aliphatic rings. The number of rotatable bonds is 2. The van der Waals surface area contributed by atoms with E-state index >= 15 is 0 Å². The molecular weight excluding hydrogens is 224 g/mol. The predicted molar refractivity (Wildman–Crippen MR) is 61.6 cm³/mol. The molecule has 0 N–H and O–H groups in total. The molecule has 2 rings (SSSR count). The number of benzene rings is 1. The van der Waals surface area contributed by atoms with Gasteiger partial charge in [0.1, 0.15) is 10.5 Å². The average Bonchev–Trinajstić information content (AvgIpc) is 2.34. The zero-order valence-electron chi connectivity index (χ0n) is 9.36. The van der Waals surface area contributed by atoms with E-state index in [0.29, 0.717) is 11.3 Å². The highest BCUT2D eigenvalue weighted by Gasteiger charge is 2.42. The maximum Gasteiger partial charge on any atom is 0.298 e. The van der Waals surface area contributed by atoms with Gasteiger partial charge in [0.2, 0.25) is 0 Å². The van der Waals surface area contributed by atoms with Gasteiger partial charge in [-0.2, -0.15) is 8.42 Å². The minimum atomic E-state index is -3.61. The lowest BCUT2D eigenvalue weighted by Crippen LogP contribution is -2.16. The van der Waals surface area contributed by atoms with Gasteiger partial charge in [0.05, 0.1) is 0 Å². The molecule has 16 heavy (non-hydrogen) atoms. The predicted octanol–water partition coefficient (Wildman–Crippen LogP) is 2.37. The lowest BCUT2D eigenvalue weighted by Gasteiger charge is -2.15. The summed E-state index contributed by atoms with van der Waals surface area (Å²) < 4.78 is 28.9. The fourth-order valence-corrected chi connectivity index (χ4v) is 3.81. The molecule has 0 aromatic heterocycles. The van der Waals surface area contributed by atoms with Gasteiger partial charge >= 0.3 is 0 Å². The van der Waals surface area contributed by atoms with Crippen molar-refractivity contribution < 1.29 is 12.6 Å². The van der Waals surface area contributed by atoms with E-state index in [1.165, 1.54) is 0 Å². The van der Waals surface area contributed by atoms with Gasteiger partial charge in [0.25, 0.3) is 10.1 Å². The van der Waals surface area contributed by atoms with E-state index in [1.54, 1.807) is 32.1 Å². The van der Waals surface area contributed by atoms with E-state index in [2.05, 4.69) is 6.58 Å². The van der Waals surface area contributed by atoms with Crippen LogP contribution in [0, 0.1) is 0 Å². The fourth-order valence-electron chi connectivity index (χ4n) is 2.03. The molecule has 0 atom stereocenters. The Hall–Kier alpha value is -1.13. The van der Waals surface area contributed by atoms with Crippen LogP contribution in [0.4, 0.5) is 0 Å². The minimum Gasteiger partial charge on any atom is -0.255 e. The number of allylic oxidation sites excluding steroid dienone is 1. The van der Waals surface area contributed by atoms with Crippen LogP contribution in [0.5, 0.6) is 0 Å². The molecule has 0 saturated heterocycles. The molecule has 1 aliphatic heterocycles. The third-order valence-electron chi connectivity index (χ3n) is 2.68. The number of hydrogen-bond acceptors (Lipinski definition) is 3. The summed E-state index contributed by atoms with van der Waals surface area (Å²) in [5.41, 5.74) is 0.704. The molecule has 0 bridgehead atoms. The van der Waals surface area contributed by atoms with Crippen LogP contribution in [0.25, 0.3) is 0 Å². The lowest BCUT2D eigenvalue weighted by molar-refractivity contribution is 0.132. The Kier molecular flexibility index (Phi) is 2.44. The molecule has 1 heterocycles. The Morgan fingerprint density at radius 3 is 2.75 bits per heavy atom. The van der Waals surface area contributed by atoms with Crippen molar-refractivity contribution in [1.29, 1.82) is 0 Å². The summed E-state index contributed by atoms with van der Waals surface area (Å²) in [7, 11) is -3.61. The number of hydrogen-bond donors (Lipinski definition) is 0. The Bertz CT molecular complexity index is 541. The van der Waals surface area contributed by atoms with E-state index in [0.717, 1.165) is 11.1 Å². The van der Waals surface area contributed by atoms with Gasteiger partial charge in [-0.25, -0.2) is 0 Å². The summed E-state index contributed by atoms with van der Waals surface area (Å²) in [6.07, 6.45) is 2.22. The Balaban J connectivity index is 2.75. The first kappa shape index (κ1) is 11.4. The van der Waals surface area contributed by atoms with Gasteiger partial charge in [0.15, 0.2) is 0 Å². The van der Waals surface area contributed by atoms with E-state index in [1.807, 2.05) is 6.07 Å². The monoisotopic (exact) mass is 238 g/mol. The molecule has 4 heteroatoms. The first-order chi connectivity index (χ1) is 7.38.